The third-order valence-corrected chi connectivity index (χ3v) is 4.23. The molecule has 1 N–H and O–H groups in total. The van der Waals surface area contributed by atoms with Gasteiger partial charge in [0.25, 0.3) is 0 Å². The quantitative estimate of drug-likeness (QED) is 0.879. The summed E-state index contributed by atoms with van der Waals surface area (Å²) in [5.74, 6) is 1.10. The fraction of sp³-hybridized carbons (Fsp3) is 0.357. The van der Waals surface area contributed by atoms with Gasteiger partial charge >= 0.3 is 0 Å². The lowest BCUT2D eigenvalue weighted by atomic mass is 10.1. The van der Waals surface area contributed by atoms with Crippen molar-refractivity contribution in [2.24, 2.45) is 7.05 Å². The fourth-order valence-corrected chi connectivity index (χ4v) is 3.13. The molecule has 3 rings (SSSR count). The van der Waals surface area contributed by atoms with Crippen LogP contribution in [0.2, 0.25) is 5.02 Å². The van der Waals surface area contributed by atoms with Gasteiger partial charge in [0.05, 0.1) is 34.6 Å². The van der Waals surface area contributed by atoms with Gasteiger partial charge in [0.1, 0.15) is 6.10 Å². The molecule has 1 aliphatic rings. The SMILES string of the molecule is Cn1ncc(Br)c1C(O)c1cc(Cl)c2c(c1)OCCCO2. The Hall–Kier alpha value is -1.24. The van der Waals surface area contributed by atoms with Gasteiger partial charge in [0.15, 0.2) is 11.5 Å². The summed E-state index contributed by atoms with van der Waals surface area (Å²) in [4.78, 5) is 0. The zero-order valence-electron chi connectivity index (χ0n) is 11.3. The van der Waals surface area contributed by atoms with E-state index >= 15 is 0 Å². The number of rotatable bonds is 2. The Balaban J connectivity index is 2.03. The van der Waals surface area contributed by atoms with Crippen molar-refractivity contribution in [3.8, 4) is 11.5 Å². The highest BCUT2D eigenvalue weighted by molar-refractivity contribution is 9.10. The van der Waals surface area contributed by atoms with E-state index in [1.165, 1.54) is 0 Å². The summed E-state index contributed by atoms with van der Waals surface area (Å²) in [7, 11) is 1.77. The van der Waals surface area contributed by atoms with E-state index in [9.17, 15) is 5.11 Å². The van der Waals surface area contributed by atoms with Crippen LogP contribution in [0.1, 0.15) is 23.8 Å². The van der Waals surface area contributed by atoms with Gasteiger partial charge in [-0.25, -0.2) is 0 Å². The molecule has 0 spiro atoms. The van der Waals surface area contributed by atoms with E-state index in [0.717, 1.165) is 10.9 Å². The molecule has 21 heavy (non-hydrogen) atoms. The molecular formula is C14H14BrClN2O3. The maximum absolute atomic E-state index is 10.6. The van der Waals surface area contributed by atoms with E-state index in [4.69, 9.17) is 21.1 Å². The van der Waals surface area contributed by atoms with Crippen molar-refractivity contribution >= 4 is 27.5 Å². The Morgan fingerprint density at radius 2 is 2.14 bits per heavy atom. The number of halogens is 2. The Bertz CT molecular complexity index is 655. The number of aliphatic hydroxyl groups is 1. The largest absolute Gasteiger partial charge is 0.489 e. The highest BCUT2D eigenvalue weighted by Gasteiger charge is 2.23. The normalized spacial score (nSPS) is 15.6. The number of benzene rings is 1. The lowest BCUT2D eigenvalue weighted by Crippen LogP contribution is -2.08. The highest BCUT2D eigenvalue weighted by atomic mass is 79.9. The first-order chi connectivity index (χ1) is 10.1. The molecule has 5 nitrogen and oxygen atoms in total. The van der Waals surface area contributed by atoms with Crippen LogP contribution < -0.4 is 9.47 Å². The Morgan fingerprint density at radius 3 is 2.86 bits per heavy atom. The molecule has 2 aromatic rings. The molecule has 0 saturated heterocycles. The van der Waals surface area contributed by atoms with Crippen LogP contribution in [0.25, 0.3) is 0 Å². The Labute approximate surface area is 135 Å². The van der Waals surface area contributed by atoms with E-state index in [1.807, 2.05) is 0 Å². The topological polar surface area (TPSA) is 56.5 Å². The third-order valence-electron chi connectivity index (χ3n) is 3.34. The first kappa shape index (κ1) is 14.7. The Morgan fingerprint density at radius 1 is 1.38 bits per heavy atom. The lowest BCUT2D eigenvalue weighted by Gasteiger charge is -2.16. The molecule has 0 fully saturated rings. The smallest absolute Gasteiger partial charge is 0.179 e. The highest BCUT2D eigenvalue weighted by Crippen LogP contribution is 2.41. The molecule has 2 heterocycles. The van der Waals surface area contributed by atoms with Crippen molar-refractivity contribution in [1.82, 2.24) is 9.78 Å². The van der Waals surface area contributed by atoms with Crippen molar-refractivity contribution in [2.75, 3.05) is 13.2 Å². The van der Waals surface area contributed by atoms with E-state index in [2.05, 4.69) is 21.0 Å². The van der Waals surface area contributed by atoms with Gasteiger partial charge in [-0.15, -0.1) is 0 Å². The fourth-order valence-electron chi connectivity index (χ4n) is 2.29. The summed E-state index contributed by atoms with van der Waals surface area (Å²) in [6.07, 6.45) is 1.58. The van der Waals surface area contributed by atoms with Gasteiger partial charge in [0.2, 0.25) is 0 Å². The van der Waals surface area contributed by atoms with Gasteiger partial charge in [-0.2, -0.15) is 5.10 Å². The molecule has 1 aromatic carbocycles. The second-order valence-electron chi connectivity index (χ2n) is 4.78. The molecule has 7 heteroatoms. The number of aryl methyl sites for hydroxylation is 1. The molecule has 1 aromatic heterocycles. The molecule has 1 unspecified atom stereocenters. The predicted molar refractivity (Wildman–Crippen MR) is 82.0 cm³/mol. The molecule has 1 atom stereocenters. The number of nitrogens with zero attached hydrogens (tertiary/aromatic N) is 2. The Kier molecular flexibility index (Phi) is 4.10. The van der Waals surface area contributed by atoms with Gasteiger partial charge in [-0.1, -0.05) is 11.6 Å². The van der Waals surface area contributed by atoms with E-state index in [1.54, 1.807) is 30.1 Å². The maximum Gasteiger partial charge on any atom is 0.179 e. The van der Waals surface area contributed by atoms with Crippen LogP contribution in [0.3, 0.4) is 0 Å². The maximum atomic E-state index is 10.6. The summed E-state index contributed by atoms with van der Waals surface area (Å²) < 4.78 is 13.6. The summed E-state index contributed by atoms with van der Waals surface area (Å²) >= 11 is 9.64. The third kappa shape index (κ3) is 2.75. The van der Waals surface area contributed by atoms with E-state index in [-0.39, 0.29) is 0 Å². The monoisotopic (exact) mass is 372 g/mol. The zero-order chi connectivity index (χ0) is 15.0. The summed E-state index contributed by atoms with van der Waals surface area (Å²) in [5, 5.41) is 15.1. The molecule has 0 bridgehead atoms. The summed E-state index contributed by atoms with van der Waals surface area (Å²) in [5.41, 5.74) is 1.29. The number of hydrogen-bond acceptors (Lipinski definition) is 4. The molecule has 112 valence electrons. The van der Waals surface area contributed by atoms with E-state index in [0.29, 0.717) is 41.0 Å². The summed E-state index contributed by atoms with van der Waals surface area (Å²) in [6.45, 7) is 1.14. The van der Waals surface area contributed by atoms with Crippen LogP contribution in [0.15, 0.2) is 22.8 Å². The van der Waals surface area contributed by atoms with Crippen LogP contribution >= 0.6 is 27.5 Å². The lowest BCUT2D eigenvalue weighted by molar-refractivity contribution is 0.208. The van der Waals surface area contributed by atoms with Crippen molar-refractivity contribution in [1.29, 1.82) is 0 Å². The van der Waals surface area contributed by atoms with Crippen molar-refractivity contribution in [3.05, 3.63) is 39.1 Å². The minimum absolute atomic E-state index is 0.432. The van der Waals surface area contributed by atoms with Gasteiger partial charge in [0, 0.05) is 13.5 Å². The number of fused-ring (bicyclic) bond motifs is 1. The van der Waals surface area contributed by atoms with Crippen LogP contribution in [-0.2, 0) is 7.05 Å². The zero-order valence-corrected chi connectivity index (χ0v) is 13.7. The number of ether oxygens (including phenoxy) is 2. The molecule has 0 aliphatic carbocycles. The standard InChI is InChI=1S/C14H14BrClN2O3/c1-18-12(9(15)7-17-18)13(19)8-5-10(16)14-11(6-8)20-3-2-4-21-14/h5-7,13,19H,2-4H2,1H3. The number of aromatic nitrogens is 2. The van der Waals surface area contributed by atoms with Crippen molar-refractivity contribution in [3.63, 3.8) is 0 Å². The molecule has 0 amide bonds. The van der Waals surface area contributed by atoms with Gasteiger partial charge < -0.3 is 14.6 Å². The van der Waals surface area contributed by atoms with Crippen LogP contribution in [0.5, 0.6) is 11.5 Å². The number of hydrogen-bond donors (Lipinski definition) is 1. The van der Waals surface area contributed by atoms with Crippen LogP contribution in [0, 0.1) is 0 Å². The average Bonchev–Trinajstić information content (AvgIpc) is 2.67. The second-order valence-corrected chi connectivity index (χ2v) is 6.05. The van der Waals surface area contributed by atoms with Crippen LogP contribution in [0.4, 0.5) is 0 Å². The van der Waals surface area contributed by atoms with Gasteiger partial charge in [-0.05, 0) is 33.6 Å². The summed E-state index contributed by atoms with van der Waals surface area (Å²) in [6, 6.07) is 3.45. The van der Waals surface area contributed by atoms with Gasteiger partial charge in [-0.3, -0.25) is 4.68 Å². The van der Waals surface area contributed by atoms with Crippen LogP contribution in [-0.4, -0.2) is 28.1 Å². The minimum atomic E-state index is -0.860. The molecule has 0 radical (unpaired) electrons. The molecular weight excluding hydrogens is 360 g/mol. The second kappa shape index (κ2) is 5.87. The number of aliphatic hydroxyl groups excluding tert-OH is 1. The van der Waals surface area contributed by atoms with Crippen molar-refractivity contribution < 1.29 is 14.6 Å². The predicted octanol–water partition coefficient (Wildman–Crippen LogP) is 3.08. The average molecular weight is 374 g/mol. The first-order valence-electron chi connectivity index (χ1n) is 6.52. The van der Waals surface area contributed by atoms with Crippen molar-refractivity contribution in [2.45, 2.75) is 12.5 Å². The molecule has 1 aliphatic heterocycles. The van der Waals surface area contributed by atoms with E-state index < -0.39 is 6.10 Å². The molecule has 0 saturated carbocycles. The minimum Gasteiger partial charge on any atom is -0.489 e. The first-order valence-corrected chi connectivity index (χ1v) is 7.69.